The van der Waals surface area contributed by atoms with Gasteiger partial charge in [0.05, 0.1) is 11.8 Å². The first-order valence-corrected chi connectivity index (χ1v) is 12.2. The predicted octanol–water partition coefficient (Wildman–Crippen LogP) is 5.31. The van der Waals surface area contributed by atoms with Crippen molar-refractivity contribution in [3.05, 3.63) is 101 Å². The maximum Gasteiger partial charge on any atom is 0.262 e. The number of carbonyl (C=O) groups is 2. The van der Waals surface area contributed by atoms with E-state index in [1.54, 1.807) is 24.1 Å². The molecule has 2 heterocycles. The molecule has 2 aliphatic rings. The molecule has 0 spiro atoms. The van der Waals surface area contributed by atoms with Crippen LogP contribution in [-0.4, -0.2) is 33.0 Å². The zero-order valence-electron chi connectivity index (χ0n) is 19.0. The Labute approximate surface area is 207 Å². The highest BCUT2D eigenvalue weighted by molar-refractivity contribution is 8.15. The number of anilines is 1. The van der Waals surface area contributed by atoms with Crippen LogP contribution in [0.2, 0.25) is 0 Å². The normalized spacial score (nSPS) is 19.5. The maximum absolute atomic E-state index is 13.8. The molecule has 5 rings (SSSR count). The van der Waals surface area contributed by atoms with E-state index in [1.165, 1.54) is 17.8 Å². The van der Waals surface area contributed by atoms with Gasteiger partial charge in [0.2, 0.25) is 5.91 Å². The number of hydrogen-bond acceptors (Lipinski definition) is 5. The van der Waals surface area contributed by atoms with Gasteiger partial charge in [-0.25, -0.2) is 9.40 Å². The smallest absolute Gasteiger partial charge is 0.262 e. The average molecular weight is 487 g/mol. The third kappa shape index (κ3) is 5.02. The second-order valence-electron chi connectivity index (χ2n) is 8.44. The van der Waals surface area contributed by atoms with Crippen LogP contribution in [0.15, 0.2) is 89.0 Å². The molecule has 0 radical (unpaired) electrons. The van der Waals surface area contributed by atoms with Crippen molar-refractivity contribution in [1.82, 2.24) is 5.01 Å². The molecule has 0 aliphatic carbocycles. The second kappa shape index (κ2) is 9.84. The average Bonchev–Trinajstić information content (AvgIpc) is 3.47. The summed E-state index contributed by atoms with van der Waals surface area (Å²) in [5.74, 6) is -1.14. The summed E-state index contributed by atoms with van der Waals surface area (Å²) in [6.07, 6.45) is 0.608. The van der Waals surface area contributed by atoms with E-state index in [-0.39, 0.29) is 24.3 Å². The Morgan fingerprint density at radius 2 is 1.80 bits per heavy atom. The molecule has 35 heavy (non-hydrogen) atoms. The van der Waals surface area contributed by atoms with Crippen LogP contribution in [0.25, 0.3) is 0 Å². The lowest BCUT2D eigenvalue weighted by Gasteiger charge is -2.23. The van der Waals surface area contributed by atoms with Gasteiger partial charge in [0, 0.05) is 18.5 Å². The summed E-state index contributed by atoms with van der Waals surface area (Å²) in [6.45, 7) is 1.65. The molecule has 1 N–H and O–H groups in total. The van der Waals surface area contributed by atoms with Crippen molar-refractivity contribution in [3.8, 4) is 0 Å². The number of aliphatic imine (C=N–C) groups is 1. The Kier molecular flexibility index (Phi) is 6.46. The molecular weight excluding hydrogens is 463 g/mol. The minimum absolute atomic E-state index is 0.0644. The molecule has 176 valence electrons. The van der Waals surface area contributed by atoms with Gasteiger partial charge >= 0.3 is 0 Å². The molecule has 2 aliphatic heterocycles. The summed E-state index contributed by atoms with van der Waals surface area (Å²) in [5.41, 5.74) is 3.86. The minimum Gasteiger partial charge on any atom is -0.326 e. The number of rotatable bonds is 5. The summed E-state index contributed by atoms with van der Waals surface area (Å²) in [5, 5.41) is 9.12. The number of aryl methyl sites for hydroxylation is 1. The van der Waals surface area contributed by atoms with Gasteiger partial charge in [-0.3, -0.25) is 9.59 Å². The molecular formula is C27H23FN4O2S. The van der Waals surface area contributed by atoms with E-state index in [4.69, 9.17) is 5.10 Å². The van der Waals surface area contributed by atoms with Gasteiger partial charge in [0.15, 0.2) is 5.17 Å². The topological polar surface area (TPSA) is 74.1 Å². The van der Waals surface area contributed by atoms with Crippen LogP contribution in [0.5, 0.6) is 0 Å². The SMILES string of the molecule is Cc1ccc(NC(=O)C[C@H]2SC(N3N=C(c4ccccc4)C[C@@H]3c3ccccc3)=NC2=O)cc1F. The van der Waals surface area contributed by atoms with Crippen LogP contribution in [0.1, 0.15) is 35.6 Å². The van der Waals surface area contributed by atoms with Crippen molar-refractivity contribution in [2.75, 3.05) is 5.32 Å². The quantitative estimate of drug-likeness (QED) is 0.530. The van der Waals surface area contributed by atoms with Gasteiger partial charge < -0.3 is 5.32 Å². The van der Waals surface area contributed by atoms with Crippen LogP contribution in [-0.2, 0) is 9.59 Å². The van der Waals surface area contributed by atoms with Crippen molar-refractivity contribution < 1.29 is 14.0 Å². The molecule has 3 aromatic rings. The Morgan fingerprint density at radius 1 is 1.09 bits per heavy atom. The highest BCUT2D eigenvalue weighted by atomic mass is 32.2. The van der Waals surface area contributed by atoms with E-state index in [0.717, 1.165) is 16.8 Å². The van der Waals surface area contributed by atoms with Crippen molar-refractivity contribution in [2.24, 2.45) is 10.1 Å². The maximum atomic E-state index is 13.8. The predicted molar refractivity (Wildman–Crippen MR) is 137 cm³/mol. The first-order valence-electron chi connectivity index (χ1n) is 11.3. The lowest BCUT2D eigenvalue weighted by molar-refractivity contribution is -0.121. The van der Waals surface area contributed by atoms with Crippen LogP contribution < -0.4 is 5.32 Å². The van der Waals surface area contributed by atoms with Crippen molar-refractivity contribution in [1.29, 1.82) is 0 Å². The number of nitrogens with zero attached hydrogens (tertiary/aromatic N) is 3. The van der Waals surface area contributed by atoms with E-state index in [9.17, 15) is 14.0 Å². The van der Waals surface area contributed by atoms with E-state index in [1.807, 2.05) is 60.7 Å². The van der Waals surface area contributed by atoms with Crippen molar-refractivity contribution >= 4 is 40.1 Å². The van der Waals surface area contributed by atoms with Crippen LogP contribution >= 0.6 is 11.8 Å². The summed E-state index contributed by atoms with van der Waals surface area (Å²) < 4.78 is 13.8. The largest absolute Gasteiger partial charge is 0.326 e. The van der Waals surface area contributed by atoms with E-state index in [0.29, 0.717) is 22.8 Å². The Balaban J connectivity index is 1.32. The molecule has 0 unspecified atom stereocenters. The van der Waals surface area contributed by atoms with Gasteiger partial charge in [-0.05, 0) is 35.7 Å². The van der Waals surface area contributed by atoms with Gasteiger partial charge in [-0.2, -0.15) is 10.1 Å². The molecule has 2 atom stereocenters. The van der Waals surface area contributed by atoms with Gasteiger partial charge in [0.25, 0.3) is 5.91 Å². The zero-order chi connectivity index (χ0) is 24.4. The van der Waals surface area contributed by atoms with Crippen LogP contribution in [0, 0.1) is 12.7 Å². The molecule has 0 saturated carbocycles. The van der Waals surface area contributed by atoms with E-state index in [2.05, 4.69) is 10.3 Å². The van der Waals surface area contributed by atoms with Gasteiger partial charge in [-0.15, -0.1) is 0 Å². The second-order valence-corrected chi connectivity index (χ2v) is 9.61. The number of carbonyl (C=O) groups excluding carboxylic acids is 2. The standard InChI is InChI=1S/C27H23FN4O2S/c1-17-12-13-20(14-21(17)28)29-25(33)16-24-26(34)30-27(35-24)32-23(19-10-6-3-7-11-19)15-22(31-32)18-8-4-2-5-9-18/h2-14,23-24H,15-16H2,1H3,(H,29,33)/t23-,24-/m1/s1. The first kappa shape index (κ1) is 23.0. The van der Waals surface area contributed by atoms with E-state index >= 15 is 0 Å². The number of amides is 2. The molecule has 0 fully saturated rings. The molecule has 8 heteroatoms. The minimum atomic E-state index is -0.660. The fourth-order valence-corrected chi connectivity index (χ4v) is 5.14. The summed E-state index contributed by atoms with van der Waals surface area (Å²) >= 11 is 1.24. The fourth-order valence-electron chi connectivity index (χ4n) is 4.08. The number of hydrazone groups is 1. The number of nitrogens with one attached hydrogen (secondary N) is 1. The molecule has 3 aromatic carbocycles. The number of benzene rings is 3. The molecule has 6 nitrogen and oxygen atoms in total. The molecule has 2 amide bonds. The number of halogens is 1. The van der Waals surface area contributed by atoms with Crippen molar-refractivity contribution in [2.45, 2.75) is 31.1 Å². The number of thioether (sulfide) groups is 1. The Hall–Kier alpha value is -3.78. The fraction of sp³-hybridized carbons (Fsp3) is 0.185. The molecule has 0 saturated heterocycles. The monoisotopic (exact) mass is 486 g/mol. The van der Waals surface area contributed by atoms with Gasteiger partial charge in [-0.1, -0.05) is 78.5 Å². The summed E-state index contributed by atoms with van der Waals surface area (Å²) in [4.78, 5) is 29.5. The third-order valence-electron chi connectivity index (χ3n) is 5.95. The van der Waals surface area contributed by atoms with Crippen molar-refractivity contribution in [3.63, 3.8) is 0 Å². The highest BCUT2D eigenvalue weighted by Gasteiger charge is 2.39. The zero-order valence-corrected chi connectivity index (χ0v) is 19.8. The van der Waals surface area contributed by atoms with Crippen LogP contribution in [0.4, 0.5) is 10.1 Å². The highest BCUT2D eigenvalue weighted by Crippen LogP contribution is 2.38. The third-order valence-corrected chi connectivity index (χ3v) is 7.10. The molecule has 0 aromatic heterocycles. The summed E-state index contributed by atoms with van der Waals surface area (Å²) in [6, 6.07) is 24.3. The van der Waals surface area contributed by atoms with Crippen LogP contribution in [0.3, 0.4) is 0 Å². The lowest BCUT2D eigenvalue weighted by Crippen LogP contribution is -2.25. The summed E-state index contributed by atoms with van der Waals surface area (Å²) in [7, 11) is 0. The van der Waals surface area contributed by atoms with Gasteiger partial charge in [0.1, 0.15) is 11.1 Å². The Bertz CT molecular complexity index is 1330. The Morgan fingerprint density at radius 3 is 2.51 bits per heavy atom. The molecule has 0 bridgehead atoms. The lowest BCUT2D eigenvalue weighted by atomic mass is 9.99. The number of amidine groups is 1. The first-order chi connectivity index (χ1) is 17.0. The number of hydrogen-bond donors (Lipinski definition) is 1. The van der Waals surface area contributed by atoms with E-state index < -0.39 is 11.1 Å².